The van der Waals surface area contributed by atoms with E-state index in [1.54, 1.807) is 23.3 Å². The zero-order valence-electron chi connectivity index (χ0n) is 14.3. The molecule has 0 unspecified atom stereocenters. The summed E-state index contributed by atoms with van der Waals surface area (Å²) >= 11 is 3.14. The molecule has 0 radical (unpaired) electrons. The first-order chi connectivity index (χ1) is 12.1. The molecule has 0 amide bonds. The number of hydrogen-bond acceptors (Lipinski definition) is 8. The second-order valence-electron chi connectivity index (χ2n) is 5.60. The van der Waals surface area contributed by atoms with Crippen molar-refractivity contribution in [2.75, 3.05) is 17.7 Å². The average molecular weight is 373 g/mol. The van der Waals surface area contributed by atoms with Gasteiger partial charge in [0.15, 0.2) is 5.13 Å². The molecule has 0 bridgehead atoms. The van der Waals surface area contributed by atoms with Crippen molar-refractivity contribution in [3.8, 4) is 0 Å². The van der Waals surface area contributed by atoms with Crippen LogP contribution >= 0.6 is 23.3 Å². The van der Waals surface area contributed by atoms with Crippen molar-refractivity contribution in [1.29, 1.82) is 0 Å². The fraction of sp³-hybridized carbons (Fsp3) is 0.235. The van der Waals surface area contributed by atoms with Crippen molar-refractivity contribution in [3.05, 3.63) is 47.7 Å². The Morgan fingerprint density at radius 1 is 1.08 bits per heavy atom. The van der Waals surface area contributed by atoms with E-state index in [0.29, 0.717) is 11.7 Å². The van der Waals surface area contributed by atoms with Gasteiger partial charge in [0.1, 0.15) is 18.0 Å². The molecule has 3 rings (SSSR count). The molecule has 0 spiro atoms. The van der Waals surface area contributed by atoms with E-state index in [9.17, 15) is 0 Å². The Labute approximate surface area is 155 Å². The van der Waals surface area contributed by atoms with E-state index in [-0.39, 0.29) is 0 Å². The molecule has 0 aliphatic rings. The molecule has 0 aliphatic carbocycles. The van der Waals surface area contributed by atoms with Crippen LogP contribution in [-0.4, -0.2) is 22.0 Å². The summed E-state index contributed by atoms with van der Waals surface area (Å²) in [5.41, 5.74) is 2.06. The van der Waals surface area contributed by atoms with Gasteiger partial charge in [-0.15, -0.1) is 11.3 Å². The minimum absolute atomic E-state index is 0.414. The van der Waals surface area contributed by atoms with Gasteiger partial charge in [-0.05, 0) is 43.1 Å². The Balaban J connectivity index is 1.71. The van der Waals surface area contributed by atoms with Gasteiger partial charge >= 0.3 is 0 Å². The number of thiazole rings is 1. The summed E-state index contributed by atoms with van der Waals surface area (Å²) < 4.78 is 3.07. The topological polar surface area (TPSA) is 74.8 Å². The average Bonchev–Trinajstić information content (AvgIpc) is 3.05. The van der Waals surface area contributed by atoms with Gasteiger partial charge in [0.25, 0.3) is 0 Å². The summed E-state index contributed by atoms with van der Waals surface area (Å²) in [4.78, 5) is 14.2. The van der Waals surface area contributed by atoms with Crippen molar-refractivity contribution in [1.82, 2.24) is 19.7 Å². The van der Waals surface area contributed by atoms with E-state index in [0.717, 1.165) is 27.2 Å². The molecule has 2 aromatic heterocycles. The number of anilines is 4. The highest BCUT2D eigenvalue weighted by Crippen LogP contribution is 2.25. The minimum Gasteiger partial charge on any atom is -0.340 e. The van der Waals surface area contributed by atoms with Crippen LogP contribution in [0.3, 0.4) is 0 Å². The van der Waals surface area contributed by atoms with Gasteiger partial charge < -0.3 is 10.6 Å². The maximum atomic E-state index is 4.57. The molecular weight excluding hydrogens is 352 g/mol. The first kappa shape index (κ1) is 17.7. The van der Waals surface area contributed by atoms with E-state index in [1.165, 1.54) is 6.33 Å². The van der Waals surface area contributed by atoms with Gasteiger partial charge in [0.05, 0.1) is 5.69 Å². The number of rotatable bonds is 7. The molecule has 1 aromatic carbocycles. The number of benzene rings is 1. The molecule has 25 heavy (non-hydrogen) atoms. The first-order valence-corrected chi connectivity index (χ1v) is 9.59. The Morgan fingerprint density at radius 2 is 1.88 bits per heavy atom. The summed E-state index contributed by atoms with van der Waals surface area (Å²) in [6.45, 7) is 4.26. The molecule has 130 valence electrons. The predicted molar refractivity (Wildman–Crippen MR) is 106 cm³/mol. The van der Waals surface area contributed by atoms with Crippen molar-refractivity contribution in [2.45, 2.75) is 24.7 Å². The summed E-state index contributed by atoms with van der Waals surface area (Å²) in [5, 5.41) is 9.44. The van der Waals surface area contributed by atoms with Crippen molar-refractivity contribution < 1.29 is 0 Å². The fourth-order valence-electron chi connectivity index (χ4n) is 2.12. The molecule has 3 aromatic rings. The number of aromatic nitrogens is 3. The smallest absolute Gasteiger partial charge is 0.188 e. The van der Waals surface area contributed by atoms with Crippen LogP contribution in [0.15, 0.2) is 46.9 Å². The van der Waals surface area contributed by atoms with Crippen LogP contribution in [0.1, 0.15) is 25.5 Å². The monoisotopic (exact) mass is 372 g/mol. The van der Waals surface area contributed by atoms with E-state index in [4.69, 9.17) is 0 Å². The van der Waals surface area contributed by atoms with E-state index < -0.39 is 0 Å². The second kappa shape index (κ2) is 8.28. The maximum absolute atomic E-state index is 4.57. The summed E-state index contributed by atoms with van der Waals surface area (Å²) in [6.07, 6.45) is 1.54. The lowest BCUT2D eigenvalue weighted by atomic mass is 10.2. The molecule has 8 heteroatoms. The highest BCUT2D eigenvalue weighted by Gasteiger charge is 2.07. The molecule has 3 N–H and O–H groups in total. The summed E-state index contributed by atoms with van der Waals surface area (Å²) in [6, 6.07) is 9.99. The predicted octanol–water partition coefficient (Wildman–Crippen LogP) is 4.77. The van der Waals surface area contributed by atoms with Crippen LogP contribution in [-0.2, 0) is 0 Å². The van der Waals surface area contributed by atoms with Crippen LogP contribution in [0, 0.1) is 0 Å². The maximum Gasteiger partial charge on any atom is 0.188 e. The Bertz CT molecular complexity index is 833. The Hall–Kier alpha value is -2.16. The molecule has 2 heterocycles. The number of nitrogens with zero attached hydrogens (tertiary/aromatic N) is 3. The SMILES string of the molecule is CNSc1cccc(Nc2cc(Nc3nc(C(C)C)cs3)ncn2)c1. The van der Waals surface area contributed by atoms with Gasteiger partial charge in [-0.3, -0.25) is 4.72 Å². The van der Waals surface area contributed by atoms with E-state index in [1.807, 2.05) is 31.3 Å². The third-order valence-corrected chi connectivity index (χ3v) is 4.81. The molecule has 6 nitrogen and oxygen atoms in total. The van der Waals surface area contributed by atoms with Gasteiger partial charge in [-0.2, -0.15) is 0 Å². The Kier molecular flexibility index (Phi) is 5.85. The van der Waals surface area contributed by atoms with Gasteiger partial charge in [-0.1, -0.05) is 19.9 Å². The standard InChI is InChI=1S/C17H20N6S2/c1-11(2)14-9-24-17(22-14)23-16-8-15(19-10-20-16)21-12-5-4-6-13(7-12)25-18-3/h4-11,18H,1-3H3,(H2,19,20,21,22,23). The number of hydrogen-bond donors (Lipinski definition) is 3. The van der Waals surface area contributed by atoms with Crippen LogP contribution in [0.2, 0.25) is 0 Å². The van der Waals surface area contributed by atoms with Gasteiger partial charge in [0, 0.05) is 22.0 Å². The van der Waals surface area contributed by atoms with Crippen LogP contribution in [0.25, 0.3) is 0 Å². The lowest BCUT2D eigenvalue weighted by Crippen LogP contribution is -1.99. The molecule has 0 aliphatic heterocycles. The normalized spacial score (nSPS) is 10.9. The zero-order valence-corrected chi connectivity index (χ0v) is 15.9. The number of nitrogens with one attached hydrogen (secondary N) is 3. The zero-order chi connectivity index (χ0) is 17.6. The van der Waals surface area contributed by atoms with Crippen LogP contribution < -0.4 is 15.4 Å². The fourth-order valence-corrected chi connectivity index (χ4v) is 3.56. The lowest BCUT2D eigenvalue weighted by Gasteiger charge is -2.08. The third-order valence-electron chi connectivity index (χ3n) is 3.34. The molecule has 0 saturated heterocycles. The largest absolute Gasteiger partial charge is 0.340 e. The van der Waals surface area contributed by atoms with E-state index in [2.05, 4.69) is 55.6 Å². The lowest BCUT2D eigenvalue weighted by molar-refractivity contribution is 0.834. The summed E-state index contributed by atoms with van der Waals surface area (Å²) in [5.74, 6) is 1.85. The van der Waals surface area contributed by atoms with Crippen LogP contribution in [0.4, 0.5) is 22.5 Å². The molecule has 0 fully saturated rings. The van der Waals surface area contributed by atoms with E-state index >= 15 is 0 Å². The van der Waals surface area contributed by atoms with Crippen molar-refractivity contribution in [3.63, 3.8) is 0 Å². The highest BCUT2D eigenvalue weighted by atomic mass is 32.2. The molecule has 0 atom stereocenters. The summed E-state index contributed by atoms with van der Waals surface area (Å²) in [7, 11) is 1.90. The van der Waals surface area contributed by atoms with Crippen LogP contribution in [0.5, 0.6) is 0 Å². The molecular formula is C17H20N6S2. The quantitative estimate of drug-likeness (QED) is 0.516. The Morgan fingerprint density at radius 3 is 2.60 bits per heavy atom. The second-order valence-corrected chi connectivity index (χ2v) is 7.55. The first-order valence-electron chi connectivity index (χ1n) is 7.89. The highest BCUT2D eigenvalue weighted by molar-refractivity contribution is 7.97. The van der Waals surface area contributed by atoms with Crippen molar-refractivity contribution >= 4 is 45.7 Å². The third kappa shape index (κ3) is 4.91. The minimum atomic E-state index is 0.414. The van der Waals surface area contributed by atoms with Crippen molar-refractivity contribution in [2.24, 2.45) is 0 Å². The van der Waals surface area contributed by atoms with Gasteiger partial charge in [-0.25, -0.2) is 15.0 Å². The molecule has 0 saturated carbocycles. The van der Waals surface area contributed by atoms with Gasteiger partial charge in [0.2, 0.25) is 0 Å².